The minimum atomic E-state index is -1.91. The van der Waals surface area contributed by atoms with Crippen molar-refractivity contribution in [2.24, 2.45) is 5.92 Å². The first kappa shape index (κ1) is 82.0. The lowest BCUT2D eigenvalue weighted by atomic mass is 9.97. The molecule has 98 heavy (non-hydrogen) atoms. The van der Waals surface area contributed by atoms with Gasteiger partial charge in [0.05, 0.1) is 25.3 Å². The lowest BCUT2D eigenvalue weighted by molar-refractivity contribution is -0.141. The number of rotatable bonds is 16. The third-order valence-corrected chi connectivity index (χ3v) is 19.9. The van der Waals surface area contributed by atoms with Crippen LogP contribution in [0.4, 0.5) is 0 Å². The van der Waals surface area contributed by atoms with Crippen LogP contribution in [0.25, 0.3) is 0 Å². The van der Waals surface area contributed by atoms with Gasteiger partial charge in [0.2, 0.25) is 82.7 Å². The zero-order valence-corrected chi connectivity index (χ0v) is 57.6. The van der Waals surface area contributed by atoms with Gasteiger partial charge in [-0.25, -0.2) is 4.79 Å². The van der Waals surface area contributed by atoms with Crippen molar-refractivity contribution in [1.29, 1.82) is 0 Å². The van der Waals surface area contributed by atoms with E-state index in [-0.39, 0.29) is 18.6 Å². The van der Waals surface area contributed by atoms with E-state index >= 15 is 0 Å². The van der Waals surface area contributed by atoms with Gasteiger partial charge in [0.1, 0.15) is 84.3 Å². The Kier molecular flexibility index (Phi) is 33.8. The molecule has 1 aromatic carbocycles. The van der Waals surface area contributed by atoms with Crippen molar-refractivity contribution in [3.05, 3.63) is 42.0 Å². The Morgan fingerprint density at radius 2 is 1.13 bits per heavy atom. The number of hydrogen-bond donors (Lipinski definition) is 20. The molecule has 4 aliphatic rings. The second-order valence-corrected chi connectivity index (χ2v) is 28.1. The molecule has 3 saturated heterocycles. The summed E-state index contributed by atoms with van der Waals surface area (Å²) in [5, 5.41) is 87.9. The topological polar surface area (TPSA) is 555 Å². The molecule has 4 aliphatic heterocycles. The van der Waals surface area contributed by atoms with Crippen molar-refractivity contribution in [3.8, 4) is 5.75 Å². The highest BCUT2D eigenvalue weighted by Crippen LogP contribution is 2.25. The molecule has 14 amide bonds. The minimum Gasteiger partial charge on any atom is -0.508 e. The fourth-order valence-electron chi connectivity index (χ4n) is 9.05. The van der Waals surface area contributed by atoms with Crippen molar-refractivity contribution in [2.75, 3.05) is 42.6 Å². The van der Waals surface area contributed by atoms with Gasteiger partial charge < -0.3 is 100.0 Å². The summed E-state index contributed by atoms with van der Waals surface area (Å²) in [7, 11) is 2.94. The van der Waals surface area contributed by atoms with E-state index in [1.807, 2.05) is 0 Å². The Balaban J connectivity index is 1.92. The van der Waals surface area contributed by atoms with E-state index in [0.717, 1.165) is 35.4 Å². The minimum absolute atomic E-state index is 0.134. The summed E-state index contributed by atoms with van der Waals surface area (Å²) < 4.78 is 0. The van der Waals surface area contributed by atoms with E-state index in [4.69, 9.17) is 0 Å². The predicted molar refractivity (Wildman–Crippen MR) is 356 cm³/mol. The first-order valence-corrected chi connectivity index (χ1v) is 35.8. The Morgan fingerprint density at radius 3 is 1.70 bits per heavy atom. The highest BCUT2D eigenvalue weighted by Gasteiger charge is 2.39. The average molecular weight is 1460 g/mol. The molecule has 5 rings (SSSR count). The second-order valence-electron chi connectivity index (χ2n) is 23.0. The van der Waals surface area contributed by atoms with Gasteiger partial charge in [-0.2, -0.15) is 0 Å². The molecule has 1 aromatic rings. The molecular formula is C58H85N15O21S4. The average Bonchev–Trinajstić information content (AvgIpc) is 0.958. The number of nitrogens with one attached hydrogen (secondary N) is 15. The highest BCUT2D eigenvalue weighted by atomic mass is 33.1. The number of fused-ring (bicyclic) bond motifs is 37. The van der Waals surface area contributed by atoms with Crippen LogP contribution in [-0.4, -0.2) is 254 Å². The first-order chi connectivity index (χ1) is 46.2. The van der Waals surface area contributed by atoms with E-state index < -0.39 is 240 Å². The van der Waals surface area contributed by atoms with Crippen LogP contribution in [-0.2, 0) is 83.1 Å². The van der Waals surface area contributed by atoms with Gasteiger partial charge in [0, 0.05) is 42.4 Å². The summed E-state index contributed by atoms with van der Waals surface area (Å²) in [5.41, 5.74) is 0.382. The molecule has 36 nitrogen and oxygen atoms in total. The maximum absolute atomic E-state index is 14.7. The summed E-state index contributed by atoms with van der Waals surface area (Å²) >= 11 is 0. The third-order valence-electron chi connectivity index (χ3n) is 15.0. The molecule has 0 spiro atoms. The summed E-state index contributed by atoms with van der Waals surface area (Å²) in [6.07, 6.45) is -1.86. The zero-order chi connectivity index (χ0) is 73.1. The number of amides is 14. The Bertz CT molecular complexity index is 3120. The van der Waals surface area contributed by atoms with Crippen LogP contribution in [0.1, 0.15) is 73.3 Å². The zero-order valence-electron chi connectivity index (χ0n) is 54.4. The van der Waals surface area contributed by atoms with Crippen LogP contribution in [0.5, 0.6) is 5.75 Å². The third kappa shape index (κ3) is 27.1. The number of phenols is 1. The smallest absolute Gasteiger partial charge is 0.327 e. The number of aliphatic hydroxyl groups is 2. The van der Waals surface area contributed by atoms with Gasteiger partial charge in [-0.05, 0) is 64.7 Å². The van der Waals surface area contributed by atoms with E-state index in [2.05, 4.69) is 79.8 Å². The Hall–Kier alpha value is -8.44. The molecule has 0 saturated carbocycles. The quantitative estimate of drug-likeness (QED) is 0.0415. The fourth-order valence-corrected chi connectivity index (χ4v) is 13.7. The number of carboxylic acids is 2. The van der Waals surface area contributed by atoms with Crippen molar-refractivity contribution in [2.45, 2.75) is 165 Å². The summed E-state index contributed by atoms with van der Waals surface area (Å²) in [5.74, 6) is -21.0. The number of hydrogen-bond acceptors (Lipinski definition) is 24. The lowest BCUT2D eigenvalue weighted by Crippen LogP contribution is -2.62. The van der Waals surface area contributed by atoms with Crippen LogP contribution in [0.3, 0.4) is 0 Å². The lowest BCUT2D eigenvalue weighted by Gasteiger charge is -2.29. The van der Waals surface area contributed by atoms with Crippen molar-refractivity contribution in [3.63, 3.8) is 0 Å². The van der Waals surface area contributed by atoms with Crippen molar-refractivity contribution >= 4 is 138 Å². The molecule has 0 aromatic heterocycles. The van der Waals surface area contributed by atoms with Crippen LogP contribution < -0.4 is 79.8 Å². The molecule has 20 N–H and O–H groups in total. The molecule has 3 fully saturated rings. The molecule has 2 bridgehead atoms. The van der Waals surface area contributed by atoms with Crippen molar-refractivity contribution < 1.29 is 102 Å². The maximum Gasteiger partial charge on any atom is 0.327 e. The Morgan fingerprint density at radius 1 is 0.602 bits per heavy atom. The molecule has 4 heterocycles. The Labute approximate surface area is 578 Å². The number of carbonyl (C=O) groups excluding carboxylic acids is 14. The molecule has 542 valence electrons. The van der Waals surface area contributed by atoms with Gasteiger partial charge in [-0.1, -0.05) is 87.7 Å². The SMILES string of the molecule is CC[C@H](C)[C@@H]1NC(=O)[C@H](CCC(=O)O)NC(=O)[C@@H](NC(=O)[C@@H](NC(=O)CNC(=O)[C@@H]2C=CCN2)[C@@H](C)O)CSSC[C@@H]2NC(=O)[C@H](C)NC(=O)[C@H](C)NC(=O)[C@H](Cc3ccc(O)cc3)NC(=O)[C@H](C)NC(=O)[C@H](CSSC[C@@H](C(=O)O)NC(=O)CNC(=O)[C@H]([C@@H](C)O)NC2=O)NC1=O. The molecular weight excluding hydrogens is 1370 g/mol. The van der Waals surface area contributed by atoms with Crippen LogP contribution in [0.2, 0.25) is 0 Å². The number of phenolic OH excluding ortho intramolecular Hbond substituents is 1. The molecule has 40 heteroatoms. The van der Waals surface area contributed by atoms with Gasteiger partial charge >= 0.3 is 11.9 Å². The summed E-state index contributed by atoms with van der Waals surface area (Å²) in [6, 6.07) is -15.7. The fraction of sp³-hybridized carbons (Fsp3) is 0.586. The van der Waals surface area contributed by atoms with E-state index in [9.17, 15) is 102 Å². The maximum atomic E-state index is 14.7. The van der Waals surface area contributed by atoms with Gasteiger partial charge in [-0.15, -0.1) is 0 Å². The molecule has 0 unspecified atom stereocenters. The van der Waals surface area contributed by atoms with Crippen molar-refractivity contribution in [1.82, 2.24) is 79.8 Å². The summed E-state index contributed by atoms with van der Waals surface area (Å²) in [4.78, 5) is 220. The largest absolute Gasteiger partial charge is 0.508 e. The van der Waals surface area contributed by atoms with E-state index in [1.165, 1.54) is 52.0 Å². The van der Waals surface area contributed by atoms with Gasteiger partial charge in [0.25, 0.3) is 0 Å². The number of benzene rings is 1. The van der Waals surface area contributed by atoms with Crippen LogP contribution in [0.15, 0.2) is 36.4 Å². The normalized spacial score (nSPS) is 27.4. The molecule has 0 aliphatic carbocycles. The first-order valence-electron chi connectivity index (χ1n) is 30.8. The molecule has 16 atom stereocenters. The van der Waals surface area contributed by atoms with Crippen LogP contribution in [0, 0.1) is 5.92 Å². The number of aliphatic hydroxyl groups excluding tert-OH is 2. The molecule has 0 radical (unpaired) electrons. The standard InChI is InChI=1S/C58H85N15O21S4/c1-8-25(2)43-56(91)69-36-21-97-98-24-39(58(93)94)65-40(77)19-61-55(90)44(29(6)74)73-54(89)38(68-48(83)27(4)62-46(81)26(3)63-51(86)35(18-31-11-13-32(76)14-12-31)67-47(82)28(5)64-52(36)87)23-96-95-22-37(53(88)66-34(50(85)72-43)15-16-42(79)80)70-57(92)45(30(7)75)71-41(78)20-60-49(84)33-10-9-17-59-33/h9-14,25-30,33-39,43-45,59,74-76H,8,15-24H2,1-7H3,(H,60,84)(H,61,90)(H,62,81)(H,63,86)(H,64,87)(H,65,77)(H,66,88)(H,67,82)(H,68,83)(H,69,91)(H,70,92)(H,71,78)(H,72,85)(H,73,89)(H,79,80)(H,93,94)/t25-,26-,27-,28-,29+,30+,33-,34-,35-,36-,37-,38-,39-,43-,44-,45-/m0/s1. The number of aliphatic carboxylic acids is 2. The van der Waals surface area contributed by atoms with Crippen LogP contribution >= 0.6 is 43.2 Å². The van der Waals surface area contributed by atoms with Gasteiger partial charge in [0.15, 0.2) is 0 Å². The number of carbonyl (C=O) groups is 16. The predicted octanol–water partition coefficient (Wildman–Crippen LogP) is -6.88. The number of aromatic hydroxyl groups is 1. The van der Waals surface area contributed by atoms with E-state index in [0.29, 0.717) is 33.7 Å². The van der Waals surface area contributed by atoms with Gasteiger partial charge in [-0.3, -0.25) is 77.2 Å². The summed E-state index contributed by atoms with van der Waals surface area (Å²) in [6.45, 7) is 7.68. The second kappa shape index (κ2) is 40.4. The highest BCUT2D eigenvalue weighted by molar-refractivity contribution is 8.77. The monoisotopic (exact) mass is 1460 g/mol. The number of carboxylic acid groups (broad SMARTS) is 2. The van der Waals surface area contributed by atoms with E-state index in [1.54, 1.807) is 19.1 Å².